The van der Waals surface area contributed by atoms with Gasteiger partial charge in [0.25, 0.3) is 0 Å². The zero-order chi connectivity index (χ0) is 63.0. The van der Waals surface area contributed by atoms with Crippen LogP contribution >= 0.6 is 0 Å². The van der Waals surface area contributed by atoms with Crippen LogP contribution in [0.5, 0.6) is 0 Å². The van der Waals surface area contributed by atoms with Crippen LogP contribution < -0.4 is 8.92 Å². The molecule has 89 heavy (non-hydrogen) atoms. The summed E-state index contributed by atoms with van der Waals surface area (Å²) in [6.07, 6.45) is 5.90. The molecule has 0 heterocycles. The summed E-state index contributed by atoms with van der Waals surface area (Å²) in [6.45, 7) is 17.3. The summed E-state index contributed by atoms with van der Waals surface area (Å²) in [5.41, 5.74) is 18.5. The molecule has 4 bridgehead atoms. The summed E-state index contributed by atoms with van der Waals surface area (Å²) >= 11 is -0.0789. The molecule has 1 fully saturated rings. The van der Waals surface area contributed by atoms with Gasteiger partial charge in [-0.3, -0.25) is 0 Å². The molecule has 5 atom stereocenters. The van der Waals surface area contributed by atoms with Crippen molar-refractivity contribution in [1.82, 2.24) is 0 Å². The van der Waals surface area contributed by atoms with E-state index in [9.17, 15) is 14.4 Å². The Morgan fingerprint density at radius 3 is 1.22 bits per heavy atom. The van der Waals surface area contributed by atoms with Crippen LogP contribution in [0.3, 0.4) is 0 Å². The van der Waals surface area contributed by atoms with Gasteiger partial charge < -0.3 is 4.74 Å². The second kappa shape index (κ2) is 27.2. The molecule has 5 aliphatic rings. The molecule has 1 saturated carbocycles. The molecule has 450 valence electrons. The Balaban J connectivity index is 0.000000137. The first kappa shape index (κ1) is 63.7. The molecule has 8 aromatic rings. The van der Waals surface area contributed by atoms with Gasteiger partial charge in [0.15, 0.2) is 0 Å². The van der Waals surface area contributed by atoms with E-state index >= 15 is 0 Å². The average molecular weight is 1310 g/mol. The Bertz CT molecular complexity index is 3970. The predicted molar refractivity (Wildman–Crippen MR) is 368 cm³/mol. The van der Waals surface area contributed by atoms with Crippen LogP contribution in [0.4, 0.5) is 0 Å². The van der Waals surface area contributed by atoms with Gasteiger partial charge in [-0.25, -0.2) is 4.79 Å². The van der Waals surface area contributed by atoms with Crippen molar-refractivity contribution in [3.63, 3.8) is 0 Å². The van der Waals surface area contributed by atoms with Gasteiger partial charge in [-0.1, -0.05) is 152 Å². The van der Waals surface area contributed by atoms with E-state index in [1.54, 1.807) is 7.11 Å². The van der Waals surface area contributed by atoms with E-state index in [2.05, 4.69) is 253 Å². The van der Waals surface area contributed by atoms with Crippen molar-refractivity contribution in [2.24, 2.45) is 21.7 Å². The van der Waals surface area contributed by atoms with E-state index in [0.29, 0.717) is 4.47 Å². The number of carbonyl (C=O) groups is 3. The van der Waals surface area contributed by atoms with E-state index in [0.717, 1.165) is 35.7 Å². The number of benzene rings is 8. The summed E-state index contributed by atoms with van der Waals surface area (Å²) in [6, 6.07) is 84.1. The molecule has 0 aliphatic heterocycles. The number of carbonyl (C=O) groups excluding carboxylic acids is 3. The molecule has 0 aromatic heterocycles. The molecule has 0 N–H and O–H groups in total. The molecule has 0 amide bonds. The van der Waals surface area contributed by atoms with Crippen molar-refractivity contribution in [3.8, 4) is 0 Å². The quantitative estimate of drug-likeness (QED) is 0.0495. The van der Waals surface area contributed by atoms with Gasteiger partial charge in [-0.15, -0.1) is 0 Å². The molecule has 0 saturated heterocycles. The van der Waals surface area contributed by atoms with Crippen LogP contribution in [0.15, 0.2) is 277 Å². The summed E-state index contributed by atoms with van der Waals surface area (Å²) in [7, 11) is 4.38. The Morgan fingerprint density at radius 1 is 0.427 bits per heavy atom. The second-order valence-corrected chi connectivity index (χ2v) is 29.8. The minimum absolute atomic E-state index is 0.0195. The van der Waals surface area contributed by atoms with Crippen molar-refractivity contribution in [2.75, 3.05) is 21.3 Å². The fourth-order valence-corrected chi connectivity index (χ4v) is 19.9. The Labute approximate surface area is 539 Å². The Morgan fingerprint density at radius 2 is 0.809 bits per heavy atom. The van der Waals surface area contributed by atoms with Gasteiger partial charge in [0.05, 0.1) is 7.11 Å². The van der Waals surface area contributed by atoms with Crippen LogP contribution in [-0.4, -0.2) is 69.2 Å². The second-order valence-electron chi connectivity index (χ2n) is 24.5. The standard InChI is InChI=1S/C29H28O2Se.C23H22O2.C19H18.C10H10O2Se/c1-27-19-28(2,29(20-27,26(30)31-3)32-23-17-11-6-12-18-23)25(22-15-9-5-10-16-22)24(27)21-13-7-4-8-14-21;1-22-14-18(21(24)25-3)23(2,15-22)20(17-12-8-5-9-13-17)19(22)16-10-6-4-7-11-16;1-14-13-15(2)19(17-11-7-4-8-12-17)18(14)16-9-5-3-6-10-16;1-8(10(11)12-2)13-9-6-4-3-5-7-9/h4-18H,19-20H2,1-3H3;4-14H,15H2,1-3H3;3-12H,13H2,1-2H3;3-7H,1H2,2H3/t27?,28?,29-;;;/m1.../s1. The average Bonchev–Trinajstić information content (AvgIpc) is 1.52. The predicted octanol–water partition coefficient (Wildman–Crippen LogP) is 16.9. The van der Waals surface area contributed by atoms with E-state index < -0.39 is 4.31 Å². The van der Waals surface area contributed by atoms with Crippen molar-refractivity contribution >= 4 is 90.2 Å². The van der Waals surface area contributed by atoms with E-state index in [4.69, 9.17) is 9.47 Å². The fourth-order valence-electron chi connectivity index (χ4n) is 14.9. The monoisotopic (exact) mass is 1310 g/mol. The molecule has 8 heteroatoms. The molecular formula is C81H78O6Se2. The molecule has 5 aliphatic carbocycles. The maximum atomic E-state index is 13.7. The number of methoxy groups -OCH3 is 3. The zero-order valence-electron chi connectivity index (χ0n) is 52.5. The van der Waals surface area contributed by atoms with Crippen LogP contribution in [0.25, 0.3) is 33.4 Å². The first-order valence-electron chi connectivity index (χ1n) is 30.3. The van der Waals surface area contributed by atoms with E-state index in [-0.39, 0.29) is 69.5 Å². The van der Waals surface area contributed by atoms with Crippen molar-refractivity contribution in [1.29, 1.82) is 0 Å². The van der Waals surface area contributed by atoms with Crippen molar-refractivity contribution in [3.05, 3.63) is 310 Å². The molecular weight excluding hydrogens is 1230 g/mol. The number of rotatable bonds is 13. The van der Waals surface area contributed by atoms with Crippen molar-refractivity contribution in [2.45, 2.75) is 71.5 Å². The Hall–Kier alpha value is -8.35. The van der Waals surface area contributed by atoms with Crippen molar-refractivity contribution < 1.29 is 28.6 Å². The SMILES string of the molecule is C=C([Se]c1ccccc1)C(=O)OC.CC1=C(c2ccccc2)C(c2ccccc2)=C(C)C1.COC(=O)C1=CC2(C)CC1(C)C(c1ccccc1)=C2c1ccccc1.COC(=O)[C@]1([Se]c2ccccc2)CC2(C)CC1(C)C(c1ccccc1)=C2c1ccccc1. The van der Waals surface area contributed by atoms with Gasteiger partial charge >= 0.3 is 287 Å². The fraction of sp³-hybridized carbons (Fsp3) is 0.222. The third-order valence-electron chi connectivity index (χ3n) is 18.2. The molecule has 8 aromatic carbocycles. The number of hydrogen-bond acceptors (Lipinski definition) is 6. The van der Waals surface area contributed by atoms with Crippen LogP contribution in [0.2, 0.25) is 4.31 Å². The summed E-state index contributed by atoms with van der Waals surface area (Å²) < 4.78 is 17.6. The van der Waals surface area contributed by atoms with Gasteiger partial charge in [-0.2, -0.15) is 0 Å². The third-order valence-corrected chi connectivity index (χ3v) is 23.5. The normalized spacial score (nSPS) is 22.6. The third kappa shape index (κ3) is 12.7. The van der Waals surface area contributed by atoms with Gasteiger partial charge in [0, 0.05) is 16.4 Å². The minimum atomic E-state index is -0.547. The van der Waals surface area contributed by atoms with E-state index in [1.165, 1.54) is 96.6 Å². The zero-order valence-corrected chi connectivity index (χ0v) is 55.9. The topological polar surface area (TPSA) is 78.9 Å². The maximum absolute atomic E-state index is 13.7. The van der Waals surface area contributed by atoms with Crippen LogP contribution in [-0.2, 0) is 28.6 Å². The van der Waals surface area contributed by atoms with Crippen LogP contribution in [0, 0.1) is 21.7 Å². The summed E-state index contributed by atoms with van der Waals surface area (Å²) in [5.74, 6) is -0.594. The van der Waals surface area contributed by atoms with Crippen LogP contribution in [0.1, 0.15) is 101 Å². The van der Waals surface area contributed by atoms with E-state index in [1.807, 2.05) is 48.5 Å². The first-order chi connectivity index (χ1) is 42.9. The number of fused-ring (bicyclic) bond motifs is 4. The number of esters is 3. The Kier molecular flexibility index (Phi) is 19.4. The molecule has 6 nitrogen and oxygen atoms in total. The van der Waals surface area contributed by atoms with Gasteiger partial charge in [0.1, 0.15) is 0 Å². The summed E-state index contributed by atoms with van der Waals surface area (Å²) in [5, 5.41) is 0. The molecule has 0 radical (unpaired) electrons. The molecule has 4 unspecified atom stereocenters. The molecule has 0 spiro atoms. The first-order valence-corrected chi connectivity index (χ1v) is 33.7. The molecule has 13 rings (SSSR count). The number of ether oxygens (including phenoxy) is 3. The van der Waals surface area contributed by atoms with Gasteiger partial charge in [-0.05, 0) is 71.2 Å². The number of allylic oxidation sites excluding steroid dienone is 9. The summed E-state index contributed by atoms with van der Waals surface area (Å²) in [4.78, 5) is 37.1. The number of hydrogen-bond donors (Lipinski definition) is 0. The van der Waals surface area contributed by atoms with Gasteiger partial charge in [0.2, 0.25) is 0 Å².